The Morgan fingerprint density at radius 3 is 2.95 bits per heavy atom. The normalized spacial score (nSPS) is 9.75. The molecule has 0 fully saturated rings. The second-order valence-corrected chi connectivity index (χ2v) is 4.86. The summed E-state index contributed by atoms with van der Waals surface area (Å²) in [5.41, 5.74) is 1.11. The Labute approximate surface area is 122 Å². The molecule has 0 aromatic heterocycles. The van der Waals surface area contributed by atoms with Gasteiger partial charge in [0, 0.05) is 17.7 Å². The number of halogens is 1. The second-order valence-electron chi connectivity index (χ2n) is 3.88. The van der Waals surface area contributed by atoms with E-state index < -0.39 is 0 Å². The van der Waals surface area contributed by atoms with Gasteiger partial charge in [0.05, 0.1) is 19.0 Å². The second kappa shape index (κ2) is 9.40. The summed E-state index contributed by atoms with van der Waals surface area (Å²) in [6.45, 7) is 2.10. The molecule has 1 aromatic rings. The Morgan fingerprint density at radius 2 is 2.30 bits per heavy atom. The maximum atomic E-state index is 13.8. The molecule has 0 heterocycles. The van der Waals surface area contributed by atoms with E-state index in [2.05, 4.69) is 11.8 Å². The van der Waals surface area contributed by atoms with Crippen molar-refractivity contribution in [1.29, 1.82) is 0 Å². The fourth-order valence-electron chi connectivity index (χ4n) is 1.41. The number of ether oxygens (including phenoxy) is 1. The largest absolute Gasteiger partial charge is 0.465 e. The van der Waals surface area contributed by atoms with E-state index in [1.807, 2.05) is 0 Å². The molecular weight excluding hydrogens is 279 g/mol. The molecule has 1 rings (SSSR count). The number of hydrogen-bond acceptors (Lipinski definition) is 4. The molecule has 0 spiro atoms. The van der Waals surface area contributed by atoms with E-state index in [4.69, 9.17) is 9.84 Å². The summed E-state index contributed by atoms with van der Waals surface area (Å²) >= 11 is 1.31. The predicted octanol–water partition coefficient (Wildman–Crippen LogP) is 2.36. The van der Waals surface area contributed by atoms with Gasteiger partial charge in [-0.2, -0.15) is 0 Å². The lowest BCUT2D eigenvalue weighted by atomic mass is 10.1. The van der Waals surface area contributed by atoms with Crippen LogP contribution in [0.4, 0.5) is 4.39 Å². The van der Waals surface area contributed by atoms with E-state index in [1.165, 1.54) is 17.8 Å². The average molecular weight is 296 g/mol. The first kappa shape index (κ1) is 16.5. The summed E-state index contributed by atoms with van der Waals surface area (Å²) in [6.07, 6.45) is 0.374. The number of carbonyl (C=O) groups is 1. The molecule has 0 bridgehead atoms. The zero-order valence-electron chi connectivity index (χ0n) is 11.3. The molecule has 20 heavy (non-hydrogen) atoms. The minimum atomic E-state index is -0.336. The third-order valence-electron chi connectivity index (χ3n) is 2.31. The van der Waals surface area contributed by atoms with Crippen LogP contribution in [0.5, 0.6) is 0 Å². The minimum Gasteiger partial charge on any atom is -0.465 e. The smallest absolute Gasteiger partial charge is 0.315 e. The van der Waals surface area contributed by atoms with Crippen LogP contribution in [0.2, 0.25) is 0 Å². The molecule has 0 aliphatic rings. The fraction of sp³-hybridized carbons (Fsp3) is 0.400. The molecular formula is C15H17FO3S. The summed E-state index contributed by atoms with van der Waals surface area (Å²) in [5.74, 6) is 5.51. The highest BCUT2D eigenvalue weighted by atomic mass is 32.2. The predicted molar refractivity (Wildman–Crippen MR) is 77.8 cm³/mol. The summed E-state index contributed by atoms with van der Waals surface area (Å²) < 4.78 is 18.6. The third kappa shape index (κ3) is 6.09. The van der Waals surface area contributed by atoms with E-state index in [9.17, 15) is 9.18 Å². The number of carbonyl (C=O) groups excluding carboxylic acids is 1. The summed E-state index contributed by atoms with van der Waals surface area (Å²) in [7, 11) is 0. The summed E-state index contributed by atoms with van der Waals surface area (Å²) in [5, 5.41) is 8.61. The van der Waals surface area contributed by atoms with Crippen LogP contribution in [0.1, 0.15) is 24.5 Å². The van der Waals surface area contributed by atoms with Crippen molar-refractivity contribution in [3.05, 3.63) is 35.1 Å². The molecule has 1 N–H and O–H groups in total. The van der Waals surface area contributed by atoms with E-state index >= 15 is 0 Å². The van der Waals surface area contributed by atoms with Crippen LogP contribution in [0, 0.1) is 17.7 Å². The van der Waals surface area contributed by atoms with Crippen molar-refractivity contribution in [3.63, 3.8) is 0 Å². The number of benzene rings is 1. The number of aliphatic hydroxyl groups excluding tert-OH is 1. The van der Waals surface area contributed by atoms with Gasteiger partial charge in [0.25, 0.3) is 0 Å². The lowest BCUT2D eigenvalue weighted by Gasteiger charge is -2.04. The summed E-state index contributed by atoms with van der Waals surface area (Å²) in [4.78, 5) is 11.1. The molecule has 0 unspecified atom stereocenters. The highest BCUT2D eigenvalue weighted by Gasteiger charge is 2.06. The molecule has 0 amide bonds. The first-order valence-electron chi connectivity index (χ1n) is 6.29. The molecule has 0 aliphatic carbocycles. The van der Waals surface area contributed by atoms with Gasteiger partial charge >= 0.3 is 5.97 Å². The van der Waals surface area contributed by atoms with Gasteiger partial charge in [-0.3, -0.25) is 4.79 Å². The van der Waals surface area contributed by atoms with Gasteiger partial charge in [0.2, 0.25) is 0 Å². The van der Waals surface area contributed by atoms with Crippen LogP contribution < -0.4 is 0 Å². The maximum absolute atomic E-state index is 13.8. The molecule has 0 atom stereocenters. The molecule has 0 aliphatic heterocycles. The van der Waals surface area contributed by atoms with Gasteiger partial charge in [0.15, 0.2) is 0 Å². The topological polar surface area (TPSA) is 46.5 Å². The van der Waals surface area contributed by atoms with Gasteiger partial charge < -0.3 is 9.84 Å². The first-order chi connectivity index (χ1) is 9.67. The lowest BCUT2D eigenvalue weighted by Crippen LogP contribution is -2.06. The summed E-state index contributed by atoms with van der Waals surface area (Å²) in [6, 6.07) is 4.76. The Kier molecular flexibility index (Phi) is 7.78. The molecule has 0 saturated carbocycles. The molecule has 108 valence electrons. The first-order valence-corrected chi connectivity index (χ1v) is 7.44. The van der Waals surface area contributed by atoms with E-state index in [0.29, 0.717) is 29.9 Å². The zero-order chi connectivity index (χ0) is 14.8. The monoisotopic (exact) mass is 296 g/mol. The number of aliphatic hydroxyl groups is 1. The molecule has 3 nitrogen and oxygen atoms in total. The highest BCUT2D eigenvalue weighted by Crippen LogP contribution is 2.17. The van der Waals surface area contributed by atoms with Crippen molar-refractivity contribution in [2.24, 2.45) is 0 Å². The quantitative estimate of drug-likeness (QED) is 0.646. The van der Waals surface area contributed by atoms with Crippen LogP contribution >= 0.6 is 11.8 Å². The van der Waals surface area contributed by atoms with Gasteiger partial charge in [-0.25, -0.2) is 4.39 Å². The van der Waals surface area contributed by atoms with Gasteiger partial charge in [0.1, 0.15) is 5.82 Å². The van der Waals surface area contributed by atoms with Gasteiger partial charge in [-0.1, -0.05) is 17.9 Å². The zero-order valence-corrected chi connectivity index (χ0v) is 12.1. The van der Waals surface area contributed by atoms with E-state index in [1.54, 1.807) is 19.1 Å². The van der Waals surface area contributed by atoms with Crippen molar-refractivity contribution >= 4 is 17.7 Å². The van der Waals surface area contributed by atoms with Crippen LogP contribution in [-0.4, -0.2) is 30.0 Å². The number of thioether (sulfide) groups is 1. The van der Waals surface area contributed by atoms with Crippen LogP contribution in [0.15, 0.2) is 18.2 Å². The van der Waals surface area contributed by atoms with Crippen molar-refractivity contribution in [3.8, 4) is 11.8 Å². The Bertz CT molecular complexity index is 506. The van der Waals surface area contributed by atoms with Crippen molar-refractivity contribution in [2.75, 3.05) is 19.0 Å². The Balaban J connectivity index is 2.52. The SMILES string of the molecule is CCOC(=O)CSCc1ccc(C#CCCO)cc1F. The Morgan fingerprint density at radius 1 is 1.50 bits per heavy atom. The lowest BCUT2D eigenvalue weighted by molar-refractivity contribution is -0.139. The van der Waals surface area contributed by atoms with Crippen molar-refractivity contribution in [1.82, 2.24) is 0 Å². The number of hydrogen-bond donors (Lipinski definition) is 1. The van der Waals surface area contributed by atoms with Crippen LogP contribution in [-0.2, 0) is 15.3 Å². The Hall–Kier alpha value is -1.51. The van der Waals surface area contributed by atoms with Crippen LogP contribution in [0.25, 0.3) is 0 Å². The fourth-order valence-corrected chi connectivity index (χ4v) is 2.22. The molecule has 1 aromatic carbocycles. The molecule has 0 saturated heterocycles. The average Bonchev–Trinajstić information content (AvgIpc) is 2.42. The van der Waals surface area contributed by atoms with Gasteiger partial charge in [-0.15, -0.1) is 11.8 Å². The van der Waals surface area contributed by atoms with Crippen molar-refractivity contribution in [2.45, 2.75) is 19.1 Å². The van der Waals surface area contributed by atoms with E-state index in [-0.39, 0.29) is 24.1 Å². The maximum Gasteiger partial charge on any atom is 0.315 e. The van der Waals surface area contributed by atoms with Crippen molar-refractivity contribution < 1.29 is 19.0 Å². The number of esters is 1. The minimum absolute atomic E-state index is 0.00192. The van der Waals surface area contributed by atoms with Gasteiger partial charge in [-0.05, 0) is 24.6 Å². The third-order valence-corrected chi connectivity index (χ3v) is 3.26. The highest BCUT2D eigenvalue weighted by molar-refractivity contribution is 7.99. The molecule has 5 heteroatoms. The van der Waals surface area contributed by atoms with Crippen LogP contribution in [0.3, 0.4) is 0 Å². The molecule has 0 radical (unpaired) electrons. The standard InChI is InChI=1S/C15H17FO3S/c1-2-19-15(18)11-20-10-13-7-6-12(9-14(13)16)5-3-4-8-17/h6-7,9,17H,2,4,8,10-11H2,1H3. The van der Waals surface area contributed by atoms with E-state index in [0.717, 1.165) is 0 Å². The number of rotatable bonds is 6.